The quantitative estimate of drug-likeness (QED) is 0.326. The van der Waals surface area contributed by atoms with Crippen molar-refractivity contribution in [1.82, 2.24) is 10.6 Å². The second-order valence-corrected chi connectivity index (χ2v) is 9.69. The highest BCUT2D eigenvalue weighted by Gasteiger charge is 2.23. The van der Waals surface area contributed by atoms with Crippen molar-refractivity contribution in [3.05, 3.63) is 92.7 Å². The number of ketones is 1. The van der Waals surface area contributed by atoms with E-state index < -0.39 is 23.8 Å². The van der Waals surface area contributed by atoms with Crippen molar-refractivity contribution in [3.63, 3.8) is 0 Å². The molecule has 3 N–H and O–H groups in total. The van der Waals surface area contributed by atoms with E-state index in [0.717, 1.165) is 18.1 Å². The fraction of sp³-hybridized carbons (Fsp3) is 0.333. The average Bonchev–Trinajstić information content (AvgIpc) is 3.27. The van der Waals surface area contributed by atoms with Crippen LogP contribution < -0.4 is 10.6 Å². The van der Waals surface area contributed by atoms with E-state index in [0.29, 0.717) is 21.9 Å². The van der Waals surface area contributed by atoms with Crippen LogP contribution in [0.3, 0.4) is 0 Å². The third-order valence-electron chi connectivity index (χ3n) is 5.61. The third kappa shape index (κ3) is 8.35. The molecule has 0 aliphatic heterocycles. The van der Waals surface area contributed by atoms with Crippen LogP contribution in [0.25, 0.3) is 0 Å². The molecule has 0 aliphatic carbocycles. The molecule has 186 valence electrons. The minimum absolute atomic E-state index is 0.0376. The van der Waals surface area contributed by atoms with E-state index >= 15 is 0 Å². The maximum absolute atomic E-state index is 13.7. The summed E-state index contributed by atoms with van der Waals surface area (Å²) < 4.78 is 27.4. The number of amides is 1. The van der Waals surface area contributed by atoms with E-state index in [9.17, 15) is 23.5 Å². The fourth-order valence-corrected chi connectivity index (χ4v) is 4.71. The summed E-state index contributed by atoms with van der Waals surface area (Å²) in [4.78, 5) is 25.5. The van der Waals surface area contributed by atoms with Crippen molar-refractivity contribution in [2.75, 3.05) is 6.54 Å². The molecule has 5 nitrogen and oxygen atoms in total. The van der Waals surface area contributed by atoms with Crippen LogP contribution in [0.15, 0.2) is 54.6 Å². The second-order valence-electron chi connectivity index (χ2n) is 8.53. The van der Waals surface area contributed by atoms with Crippen LogP contribution in [-0.2, 0) is 30.6 Å². The monoisotopic (exact) mass is 500 g/mol. The predicted octanol–water partition coefficient (Wildman–Crippen LogP) is 4.21. The van der Waals surface area contributed by atoms with Gasteiger partial charge in [-0.05, 0) is 60.7 Å². The summed E-state index contributed by atoms with van der Waals surface area (Å²) in [5.41, 5.74) is 2.62. The molecule has 3 rings (SSSR count). The first-order valence-corrected chi connectivity index (χ1v) is 12.4. The van der Waals surface area contributed by atoms with Crippen molar-refractivity contribution in [2.24, 2.45) is 0 Å². The summed E-state index contributed by atoms with van der Waals surface area (Å²) in [7, 11) is 0. The SMILES string of the molecule is CCc1cccc(CNCC(O)C(Cc2cc(F)cc(F)c2)NC(=O)Cc2ccc(C(C)=O)s2)c1. The highest BCUT2D eigenvalue weighted by atomic mass is 32.1. The molecule has 0 fully saturated rings. The zero-order chi connectivity index (χ0) is 25.4. The van der Waals surface area contributed by atoms with Gasteiger partial charge in [-0.1, -0.05) is 31.2 Å². The molecule has 0 spiro atoms. The lowest BCUT2D eigenvalue weighted by Crippen LogP contribution is -2.49. The van der Waals surface area contributed by atoms with E-state index in [4.69, 9.17) is 0 Å². The molecule has 1 amide bonds. The largest absolute Gasteiger partial charge is 0.390 e. The summed E-state index contributed by atoms with van der Waals surface area (Å²) in [6.07, 6.45) is 0.0105. The van der Waals surface area contributed by atoms with Crippen molar-refractivity contribution in [3.8, 4) is 0 Å². The van der Waals surface area contributed by atoms with Gasteiger partial charge in [0.25, 0.3) is 0 Å². The number of carbonyl (C=O) groups is 2. The number of nitrogens with one attached hydrogen (secondary N) is 2. The molecule has 2 unspecified atom stereocenters. The maximum atomic E-state index is 13.7. The number of thiophene rings is 1. The molecule has 1 heterocycles. The number of carbonyl (C=O) groups excluding carboxylic acids is 2. The molecule has 35 heavy (non-hydrogen) atoms. The molecule has 0 bridgehead atoms. The van der Waals surface area contributed by atoms with Crippen LogP contribution >= 0.6 is 11.3 Å². The summed E-state index contributed by atoms with van der Waals surface area (Å²) in [5, 5.41) is 16.9. The number of aliphatic hydroxyl groups is 1. The van der Waals surface area contributed by atoms with Gasteiger partial charge >= 0.3 is 0 Å². The van der Waals surface area contributed by atoms with Crippen LogP contribution in [0.1, 0.15) is 45.1 Å². The van der Waals surface area contributed by atoms with Gasteiger partial charge in [0.1, 0.15) is 11.6 Å². The Bertz CT molecular complexity index is 1140. The predicted molar refractivity (Wildman–Crippen MR) is 134 cm³/mol. The van der Waals surface area contributed by atoms with Crippen molar-refractivity contribution in [1.29, 1.82) is 0 Å². The minimum Gasteiger partial charge on any atom is -0.390 e. The van der Waals surface area contributed by atoms with Crippen LogP contribution in [0.5, 0.6) is 0 Å². The van der Waals surface area contributed by atoms with Crippen LogP contribution in [0, 0.1) is 11.6 Å². The Morgan fingerprint density at radius 2 is 1.71 bits per heavy atom. The number of hydrogen-bond donors (Lipinski definition) is 3. The molecule has 0 saturated carbocycles. The molecule has 2 atom stereocenters. The number of Topliss-reactive ketones (excluding diaryl/α,β-unsaturated/α-hetero) is 1. The summed E-state index contributed by atoms with van der Waals surface area (Å²) in [6, 6.07) is 13.9. The van der Waals surface area contributed by atoms with Gasteiger partial charge in [0.2, 0.25) is 5.91 Å². The molecular formula is C27H30F2N2O3S. The standard InChI is InChI=1S/C27H30F2N2O3S/c1-3-18-5-4-6-19(9-18)15-30-16-25(33)24(12-20-10-21(28)13-22(29)11-20)31-27(34)14-23-7-8-26(35-23)17(2)32/h4-11,13,24-25,30,33H,3,12,14-16H2,1-2H3,(H,31,34). The van der Waals surface area contributed by atoms with Gasteiger partial charge in [-0.25, -0.2) is 8.78 Å². The summed E-state index contributed by atoms with van der Waals surface area (Å²) in [5.74, 6) is -1.86. The Hall–Kier alpha value is -2.94. The highest BCUT2D eigenvalue weighted by molar-refractivity contribution is 7.14. The molecular weight excluding hydrogens is 470 g/mol. The van der Waals surface area contributed by atoms with Crippen molar-refractivity contribution >= 4 is 23.0 Å². The van der Waals surface area contributed by atoms with E-state index in [2.05, 4.69) is 29.7 Å². The highest BCUT2D eigenvalue weighted by Crippen LogP contribution is 2.18. The molecule has 0 saturated heterocycles. The summed E-state index contributed by atoms with van der Waals surface area (Å²) >= 11 is 1.24. The molecule has 0 aliphatic rings. The van der Waals surface area contributed by atoms with Gasteiger partial charge in [-0.3, -0.25) is 9.59 Å². The number of hydrogen-bond acceptors (Lipinski definition) is 5. The first-order chi connectivity index (χ1) is 16.7. The van der Waals surface area contributed by atoms with Gasteiger partial charge in [0.15, 0.2) is 5.78 Å². The van der Waals surface area contributed by atoms with Crippen LogP contribution in [0.4, 0.5) is 8.78 Å². The van der Waals surface area contributed by atoms with E-state index in [1.807, 2.05) is 12.1 Å². The lowest BCUT2D eigenvalue weighted by molar-refractivity contribution is -0.121. The average molecular weight is 501 g/mol. The molecule has 8 heteroatoms. The Morgan fingerprint density at radius 3 is 2.37 bits per heavy atom. The smallest absolute Gasteiger partial charge is 0.225 e. The lowest BCUT2D eigenvalue weighted by atomic mass is 10.00. The van der Waals surface area contributed by atoms with Gasteiger partial charge < -0.3 is 15.7 Å². The Kier molecular flexibility index (Phi) is 9.65. The summed E-state index contributed by atoms with van der Waals surface area (Å²) in [6.45, 7) is 4.25. The van der Waals surface area contributed by atoms with Gasteiger partial charge in [-0.2, -0.15) is 0 Å². The number of aliphatic hydroxyl groups excluding tert-OH is 1. The molecule has 1 aromatic heterocycles. The lowest BCUT2D eigenvalue weighted by Gasteiger charge is -2.25. The molecule has 3 aromatic rings. The van der Waals surface area contributed by atoms with Crippen LogP contribution in [-0.4, -0.2) is 35.5 Å². The van der Waals surface area contributed by atoms with Crippen LogP contribution in [0.2, 0.25) is 0 Å². The molecule has 2 aromatic carbocycles. The van der Waals surface area contributed by atoms with E-state index in [-0.39, 0.29) is 31.1 Å². The number of halogens is 2. The first kappa shape index (κ1) is 26.7. The zero-order valence-electron chi connectivity index (χ0n) is 19.8. The Morgan fingerprint density at radius 1 is 1.00 bits per heavy atom. The number of benzene rings is 2. The fourth-order valence-electron chi connectivity index (χ4n) is 3.81. The number of rotatable bonds is 12. The van der Waals surface area contributed by atoms with Gasteiger partial charge in [0.05, 0.1) is 23.4 Å². The Balaban J connectivity index is 1.66. The first-order valence-electron chi connectivity index (χ1n) is 11.5. The normalized spacial score (nSPS) is 12.8. The second kappa shape index (κ2) is 12.7. The third-order valence-corrected chi connectivity index (χ3v) is 6.80. The van der Waals surface area contributed by atoms with Crippen molar-refractivity contribution < 1.29 is 23.5 Å². The van der Waals surface area contributed by atoms with Gasteiger partial charge in [0, 0.05) is 24.0 Å². The maximum Gasteiger partial charge on any atom is 0.225 e. The van der Waals surface area contributed by atoms with Gasteiger partial charge in [-0.15, -0.1) is 11.3 Å². The topological polar surface area (TPSA) is 78.4 Å². The van der Waals surface area contributed by atoms with Crippen molar-refractivity contribution in [2.45, 2.75) is 51.8 Å². The Labute approximate surface area is 208 Å². The number of aryl methyl sites for hydroxylation is 1. The van der Waals surface area contributed by atoms with E-state index in [1.165, 1.54) is 36.0 Å². The molecule has 0 radical (unpaired) electrons. The van der Waals surface area contributed by atoms with E-state index in [1.54, 1.807) is 12.1 Å². The minimum atomic E-state index is -1.00. The zero-order valence-corrected chi connectivity index (χ0v) is 20.6.